The van der Waals surface area contributed by atoms with E-state index in [1.807, 2.05) is 24.4 Å². The lowest BCUT2D eigenvalue weighted by Gasteiger charge is -2.35. The van der Waals surface area contributed by atoms with E-state index < -0.39 is 0 Å². The summed E-state index contributed by atoms with van der Waals surface area (Å²) in [5, 5.41) is 3.51. The molecule has 1 N–H and O–H groups in total. The molecule has 2 atom stereocenters. The quantitative estimate of drug-likeness (QED) is 0.798. The van der Waals surface area contributed by atoms with Crippen molar-refractivity contribution in [3.8, 4) is 0 Å². The van der Waals surface area contributed by atoms with Crippen molar-refractivity contribution in [2.75, 3.05) is 25.5 Å². The number of nitrogens with one attached hydrogen (secondary N) is 1. The Morgan fingerprint density at radius 3 is 3.00 bits per heavy atom. The van der Waals surface area contributed by atoms with E-state index in [4.69, 9.17) is 0 Å². The molecule has 3 heteroatoms. The van der Waals surface area contributed by atoms with Crippen LogP contribution in [0.15, 0.2) is 24.4 Å². The molecule has 2 heterocycles. The molecular weight excluding hydrogens is 186 g/mol. The van der Waals surface area contributed by atoms with Crippen molar-refractivity contribution in [2.45, 2.75) is 19.4 Å². The largest absolute Gasteiger partial charge is 0.367 e. The van der Waals surface area contributed by atoms with Crippen LogP contribution in [0.25, 0.3) is 0 Å². The maximum absolute atomic E-state index is 4.30. The van der Waals surface area contributed by atoms with Gasteiger partial charge in [0.25, 0.3) is 0 Å². The predicted molar refractivity (Wildman–Crippen MR) is 62.9 cm³/mol. The van der Waals surface area contributed by atoms with Gasteiger partial charge in [-0.1, -0.05) is 13.0 Å². The predicted octanol–water partition coefficient (Wildman–Crippen LogP) is 1.83. The van der Waals surface area contributed by atoms with E-state index in [0.717, 1.165) is 5.82 Å². The number of hydrogen-bond acceptors (Lipinski definition) is 3. The second kappa shape index (κ2) is 4.62. The highest BCUT2D eigenvalue weighted by Gasteiger charge is 2.23. The third-order valence-electron chi connectivity index (χ3n) is 3.11. The molecule has 15 heavy (non-hydrogen) atoms. The van der Waals surface area contributed by atoms with Crippen molar-refractivity contribution in [1.29, 1.82) is 0 Å². The lowest BCUT2D eigenvalue weighted by atomic mass is 9.94. The second-order valence-electron chi connectivity index (χ2n) is 4.49. The van der Waals surface area contributed by atoms with E-state index in [2.05, 4.69) is 29.2 Å². The van der Waals surface area contributed by atoms with Gasteiger partial charge in [0, 0.05) is 18.8 Å². The average Bonchev–Trinajstić information content (AvgIpc) is 2.24. The highest BCUT2D eigenvalue weighted by molar-refractivity contribution is 5.34. The Hall–Kier alpha value is -1.09. The zero-order valence-corrected chi connectivity index (χ0v) is 9.48. The number of piperidine rings is 1. The minimum absolute atomic E-state index is 0.566. The standard InChI is InChI=1S/C12H19N3/c1-10-9-15(2)8-6-11(10)14-12-5-3-4-7-13-12/h3-5,7,10-11H,6,8-9H2,1-2H3,(H,13,14). The van der Waals surface area contributed by atoms with Gasteiger partial charge in [0.15, 0.2) is 0 Å². The Bertz CT molecular complexity index is 299. The van der Waals surface area contributed by atoms with Gasteiger partial charge in [-0.15, -0.1) is 0 Å². The molecule has 0 bridgehead atoms. The van der Waals surface area contributed by atoms with Crippen LogP contribution < -0.4 is 5.32 Å². The van der Waals surface area contributed by atoms with Gasteiger partial charge < -0.3 is 10.2 Å². The Labute approximate surface area is 91.5 Å². The summed E-state index contributed by atoms with van der Waals surface area (Å²) in [6.45, 7) is 4.65. The first-order valence-corrected chi connectivity index (χ1v) is 5.62. The van der Waals surface area contributed by atoms with Crippen LogP contribution in [0, 0.1) is 5.92 Å². The lowest BCUT2D eigenvalue weighted by Crippen LogP contribution is -2.43. The van der Waals surface area contributed by atoms with Crippen LogP contribution >= 0.6 is 0 Å². The maximum Gasteiger partial charge on any atom is 0.126 e. The second-order valence-corrected chi connectivity index (χ2v) is 4.49. The van der Waals surface area contributed by atoms with Crippen molar-refractivity contribution in [3.63, 3.8) is 0 Å². The average molecular weight is 205 g/mol. The molecule has 1 aromatic rings. The molecular formula is C12H19N3. The summed E-state index contributed by atoms with van der Waals surface area (Å²) in [5.74, 6) is 1.68. The number of hydrogen-bond donors (Lipinski definition) is 1. The normalized spacial score (nSPS) is 27.6. The van der Waals surface area contributed by atoms with E-state index in [9.17, 15) is 0 Å². The lowest BCUT2D eigenvalue weighted by molar-refractivity contribution is 0.206. The molecule has 1 aromatic heterocycles. The summed E-state index contributed by atoms with van der Waals surface area (Å²) in [4.78, 5) is 6.69. The molecule has 3 nitrogen and oxygen atoms in total. The van der Waals surface area contributed by atoms with Crippen molar-refractivity contribution in [1.82, 2.24) is 9.88 Å². The number of anilines is 1. The van der Waals surface area contributed by atoms with Crippen molar-refractivity contribution in [3.05, 3.63) is 24.4 Å². The number of likely N-dealkylation sites (tertiary alicyclic amines) is 1. The molecule has 0 saturated carbocycles. The Morgan fingerprint density at radius 2 is 2.33 bits per heavy atom. The van der Waals surface area contributed by atoms with Gasteiger partial charge in [-0.05, 0) is 38.1 Å². The number of rotatable bonds is 2. The molecule has 1 aliphatic rings. The Balaban J connectivity index is 1.95. The Morgan fingerprint density at radius 1 is 1.47 bits per heavy atom. The molecule has 1 saturated heterocycles. The minimum atomic E-state index is 0.566. The first kappa shape index (κ1) is 10.4. The van der Waals surface area contributed by atoms with Crippen molar-refractivity contribution < 1.29 is 0 Å². The van der Waals surface area contributed by atoms with E-state index in [-0.39, 0.29) is 0 Å². The van der Waals surface area contributed by atoms with Gasteiger partial charge in [0.05, 0.1) is 0 Å². The number of pyridine rings is 1. The Kier molecular flexibility index (Phi) is 3.21. The first-order valence-electron chi connectivity index (χ1n) is 5.62. The third-order valence-corrected chi connectivity index (χ3v) is 3.11. The first-order chi connectivity index (χ1) is 7.25. The SMILES string of the molecule is CC1CN(C)CCC1Nc1ccccn1. The van der Waals surface area contributed by atoms with E-state index in [0.29, 0.717) is 12.0 Å². The van der Waals surface area contributed by atoms with Gasteiger partial charge in [0.2, 0.25) is 0 Å². The number of aromatic nitrogens is 1. The summed E-state index contributed by atoms with van der Waals surface area (Å²) < 4.78 is 0. The van der Waals surface area contributed by atoms with Crippen LogP contribution in [0.4, 0.5) is 5.82 Å². The van der Waals surface area contributed by atoms with Gasteiger partial charge in [-0.2, -0.15) is 0 Å². The molecule has 0 amide bonds. The molecule has 0 aliphatic carbocycles. The highest BCUT2D eigenvalue weighted by Crippen LogP contribution is 2.18. The molecule has 82 valence electrons. The van der Waals surface area contributed by atoms with Crippen LogP contribution in [0.3, 0.4) is 0 Å². The molecule has 2 rings (SSSR count). The monoisotopic (exact) mass is 205 g/mol. The number of nitrogens with zero attached hydrogens (tertiary/aromatic N) is 2. The summed E-state index contributed by atoms with van der Waals surface area (Å²) in [6.07, 6.45) is 3.04. The van der Waals surface area contributed by atoms with Crippen LogP contribution in [-0.2, 0) is 0 Å². The highest BCUT2D eigenvalue weighted by atomic mass is 15.1. The summed E-state index contributed by atoms with van der Waals surface area (Å²) in [5.41, 5.74) is 0. The van der Waals surface area contributed by atoms with E-state index in [1.54, 1.807) is 0 Å². The van der Waals surface area contributed by atoms with Crippen molar-refractivity contribution in [2.24, 2.45) is 5.92 Å². The molecule has 0 radical (unpaired) electrons. The fourth-order valence-corrected chi connectivity index (χ4v) is 2.21. The van der Waals surface area contributed by atoms with Crippen LogP contribution in [-0.4, -0.2) is 36.1 Å². The van der Waals surface area contributed by atoms with E-state index >= 15 is 0 Å². The summed E-state index contributed by atoms with van der Waals surface area (Å²) in [6, 6.07) is 6.57. The summed E-state index contributed by atoms with van der Waals surface area (Å²) in [7, 11) is 2.19. The fourth-order valence-electron chi connectivity index (χ4n) is 2.21. The van der Waals surface area contributed by atoms with Gasteiger partial charge >= 0.3 is 0 Å². The zero-order valence-electron chi connectivity index (χ0n) is 9.48. The third kappa shape index (κ3) is 2.69. The fraction of sp³-hybridized carbons (Fsp3) is 0.583. The summed E-state index contributed by atoms with van der Waals surface area (Å²) >= 11 is 0. The van der Waals surface area contributed by atoms with Gasteiger partial charge in [-0.3, -0.25) is 0 Å². The maximum atomic E-state index is 4.30. The smallest absolute Gasteiger partial charge is 0.126 e. The molecule has 1 fully saturated rings. The topological polar surface area (TPSA) is 28.2 Å². The van der Waals surface area contributed by atoms with E-state index in [1.165, 1.54) is 19.5 Å². The molecule has 0 spiro atoms. The van der Waals surface area contributed by atoms with Gasteiger partial charge in [-0.25, -0.2) is 4.98 Å². The molecule has 0 aromatic carbocycles. The zero-order chi connectivity index (χ0) is 10.7. The minimum Gasteiger partial charge on any atom is -0.367 e. The van der Waals surface area contributed by atoms with Crippen LogP contribution in [0.1, 0.15) is 13.3 Å². The molecule has 1 aliphatic heterocycles. The van der Waals surface area contributed by atoms with Crippen LogP contribution in [0.5, 0.6) is 0 Å². The van der Waals surface area contributed by atoms with Gasteiger partial charge in [0.1, 0.15) is 5.82 Å². The molecule has 2 unspecified atom stereocenters. The van der Waals surface area contributed by atoms with Crippen molar-refractivity contribution >= 4 is 5.82 Å². The van der Waals surface area contributed by atoms with Crippen LogP contribution in [0.2, 0.25) is 0 Å².